The number of rotatable bonds is 8. The Morgan fingerprint density at radius 2 is 1.88 bits per heavy atom. The number of nitrogens with one attached hydrogen (secondary N) is 1. The molecule has 9 nitrogen and oxygen atoms in total. The Morgan fingerprint density at radius 3 is 2.53 bits per heavy atom. The van der Waals surface area contributed by atoms with Crippen LogP contribution < -0.4 is 14.8 Å². The summed E-state index contributed by atoms with van der Waals surface area (Å²) in [5.74, 6) is -1.35. The molecule has 34 heavy (non-hydrogen) atoms. The van der Waals surface area contributed by atoms with E-state index in [9.17, 15) is 22.8 Å². The van der Waals surface area contributed by atoms with Gasteiger partial charge in [-0.15, -0.1) is 0 Å². The van der Waals surface area contributed by atoms with Crippen molar-refractivity contribution in [1.29, 1.82) is 0 Å². The molecule has 2 aromatic heterocycles. The summed E-state index contributed by atoms with van der Waals surface area (Å²) in [5, 5.41) is 2.14. The highest BCUT2D eigenvalue weighted by atomic mass is 19.4. The number of furan rings is 1. The lowest BCUT2D eigenvalue weighted by molar-refractivity contribution is -0.141. The Labute approximate surface area is 191 Å². The molecule has 12 heteroatoms. The van der Waals surface area contributed by atoms with Crippen molar-refractivity contribution < 1.29 is 41.4 Å². The number of alkyl halides is 3. The number of hydrogen-bond donors (Lipinski definition) is 1. The molecular weight excluding hydrogens is 459 g/mol. The number of nitrogens with zero attached hydrogens (tertiary/aromatic N) is 2. The summed E-state index contributed by atoms with van der Waals surface area (Å²) in [6.45, 7) is 1.32. The summed E-state index contributed by atoms with van der Waals surface area (Å²) in [4.78, 5) is 31.2. The predicted octanol–water partition coefficient (Wildman–Crippen LogP) is 4.13. The highest BCUT2D eigenvalue weighted by Crippen LogP contribution is 2.31. The summed E-state index contributed by atoms with van der Waals surface area (Å²) in [6.07, 6.45) is -4.07. The number of benzene rings is 1. The molecule has 0 fully saturated rings. The molecule has 1 amide bonds. The molecular formula is C22H20F3N3O6. The third kappa shape index (κ3) is 5.63. The van der Waals surface area contributed by atoms with Crippen LogP contribution in [0.3, 0.4) is 0 Å². The Bertz CT molecular complexity index is 1190. The molecule has 0 saturated carbocycles. The van der Waals surface area contributed by atoms with E-state index in [0.717, 1.165) is 5.56 Å². The Hall–Kier alpha value is -4.09. The van der Waals surface area contributed by atoms with E-state index in [-0.39, 0.29) is 18.8 Å². The zero-order valence-electron chi connectivity index (χ0n) is 18.4. The second-order valence-corrected chi connectivity index (χ2v) is 6.75. The first-order chi connectivity index (χ1) is 16.2. The van der Waals surface area contributed by atoms with Crippen LogP contribution >= 0.6 is 0 Å². The second kappa shape index (κ2) is 10.2. The van der Waals surface area contributed by atoms with Crippen molar-refractivity contribution in [3.63, 3.8) is 0 Å². The van der Waals surface area contributed by atoms with Gasteiger partial charge in [-0.2, -0.15) is 13.2 Å². The number of carbonyl (C=O) groups is 2. The molecule has 0 atom stereocenters. The molecule has 3 aromatic rings. The van der Waals surface area contributed by atoms with Gasteiger partial charge in [-0.25, -0.2) is 14.8 Å². The van der Waals surface area contributed by atoms with Gasteiger partial charge in [0.05, 0.1) is 20.8 Å². The number of carbonyl (C=O) groups excluding carboxylic acids is 2. The maximum Gasteiger partial charge on any atom is 0.434 e. The average Bonchev–Trinajstić information content (AvgIpc) is 3.27. The maximum absolute atomic E-state index is 13.4. The largest absolute Gasteiger partial charge is 0.497 e. The number of esters is 1. The van der Waals surface area contributed by atoms with Crippen LogP contribution in [-0.2, 0) is 17.3 Å². The van der Waals surface area contributed by atoms with Crippen molar-refractivity contribution >= 4 is 17.8 Å². The SMILES string of the molecule is CCOC(=O)c1cnc(NC(=O)c2ccc(Cc3cc(OC)ccc3OC)o2)nc1C(F)(F)F. The summed E-state index contributed by atoms with van der Waals surface area (Å²) in [5.41, 5.74) is -1.66. The van der Waals surface area contributed by atoms with Crippen LogP contribution in [0.4, 0.5) is 19.1 Å². The van der Waals surface area contributed by atoms with Crippen molar-refractivity contribution in [1.82, 2.24) is 9.97 Å². The Balaban J connectivity index is 1.79. The van der Waals surface area contributed by atoms with Crippen molar-refractivity contribution in [2.45, 2.75) is 19.5 Å². The fourth-order valence-electron chi connectivity index (χ4n) is 2.98. The minimum Gasteiger partial charge on any atom is -0.497 e. The van der Waals surface area contributed by atoms with E-state index in [4.69, 9.17) is 13.9 Å². The maximum atomic E-state index is 13.4. The molecule has 1 N–H and O–H groups in total. The number of halogens is 3. The van der Waals surface area contributed by atoms with Gasteiger partial charge in [0, 0.05) is 18.2 Å². The molecule has 0 saturated heterocycles. The highest BCUT2D eigenvalue weighted by molar-refractivity contribution is 6.01. The van der Waals surface area contributed by atoms with E-state index in [1.54, 1.807) is 24.3 Å². The van der Waals surface area contributed by atoms with Crippen LogP contribution in [0.5, 0.6) is 11.5 Å². The van der Waals surface area contributed by atoms with E-state index in [1.165, 1.54) is 27.2 Å². The van der Waals surface area contributed by atoms with Gasteiger partial charge in [0.25, 0.3) is 5.91 Å². The molecule has 2 heterocycles. The molecule has 3 rings (SSSR count). The van der Waals surface area contributed by atoms with E-state index in [0.29, 0.717) is 23.5 Å². The lowest BCUT2D eigenvalue weighted by Gasteiger charge is -2.12. The predicted molar refractivity (Wildman–Crippen MR) is 112 cm³/mol. The second-order valence-electron chi connectivity index (χ2n) is 6.75. The smallest absolute Gasteiger partial charge is 0.434 e. The highest BCUT2D eigenvalue weighted by Gasteiger charge is 2.38. The van der Waals surface area contributed by atoms with E-state index >= 15 is 0 Å². The Morgan fingerprint density at radius 1 is 1.12 bits per heavy atom. The standard InChI is InChI=1S/C22H20F3N3O6/c1-4-33-20(30)15-11-26-21(27-18(15)22(23,24)25)28-19(29)17-8-6-14(34-17)10-12-9-13(31-2)5-7-16(12)32-3/h5-9,11H,4,10H2,1-3H3,(H,26,27,28,29). The number of ether oxygens (including phenoxy) is 3. The lowest BCUT2D eigenvalue weighted by Crippen LogP contribution is -2.21. The van der Waals surface area contributed by atoms with Gasteiger partial charge in [0.15, 0.2) is 11.5 Å². The number of hydrogen-bond acceptors (Lipinski definition) is 8. The Kier molecular flexibility index (Phi) is 7.39. The third-order valence-corrected chi connectivity index (χ3v) is 4.52. The topological polar surface area (TPSA) is 113 Å². The first kappa shape index (κ1) is 24.6. The summed E-state index contributed by atoms with van der Waals surface area (Å²) in [7, 11) is 3.03. The molecule has 0 unspecified atom stereocenters. The zero-order valence-corrected chi connectivity index (χ0v) is 18.4. The molecule has 0 aliphatic carbocycles. The fourth-order valence-corrected chi connectivity index (χ4v) is 2.98. The minimum atomic E-state index is -4.97. The van der Waals surface area contributed by atoms with Crippen molar-refractivity contribution in [2.75, 3.05) is 26.1 Å². The molecule has 0 bridgehead atoms. The summed E-state index contributed by atoms with van der Waals surface area (Å²) in [6, 6.07) is 8.10. The quantitative estimate of drug-likeness (QED) is 0.480. The van der Waals surface area contributed by atoms with Gasteiger partial charge >= 0.3 is 12.1 Å². The van der Waals surface area contributed by atoms with E-state index in [2.05, 4.69) is 20.0 Å². The van der Waals surface area contributed by atoms with Crippen LogP contribution in [-0.4, -0.2) is 42.7 Å². The number of aromatic nitrogens is 2. The van der Waals surface area contributed by atoms with Crippen LogP contribution in [0.15, 0.2) is 40.9 Å². The van der Waals surface area contributed by atoms with Gasteiger partial charge in [-0.05, 0) is 37.3 Å². The van der Waals surface area contributed by atoms with Crippen LogP contribution in [0.1, 0.15) is 44.9 Å². The average molecular weight is 479 g/mol. The molecule has 0 radical (unpaired) electrons. The molecule has 0 aliphatic heterocycles. The van der Waals surface area contributed by atoms with Crippen molar-refractivity contribution in [3.8, 4) is 11.5 Å². The van der Waals surface area contributed by atoms with Gasteiger partial charge in [0.2, 0.25) is 5.95 Å². The van der Waals surface area contributed by atoms with Crippen molar-refractivity contribution in [3.05, 3.63) is 64.9 Å². The normalized spacial score (nSPS) is 11.1. The number of methoxy groups -OCH3 is 2. The van der Waals surface area contributed by atoms with Gasteiger partial charge in [-0.3, -0.25) is 10.1 Å². The van der Waals surface area contributed by atoms with Crippen LogP contribution in [0.2, 0.25) is 0 Å². The van der Waals surface area contributed by atoms with Gasteiger partial charge in [0.1, 0.15) is 22.8 Å². The first-order valence-corrected chi connectivity index (χ1v) is 9.88. The summed E-state index contributed by atoms with van der Waals surface area (Å²) < 4.78 is 60.7. The van der Waals surface area contributed by atoms with E-state index in [1.807, 2.05) is 0 Å². The zero-order chi connectivity index (χ0) is 24.9. The lowest BCUT2D eigenvalue weighted by atomic mass is 10.1. The number of anilines is 1. The van der Waals surface area contributed by atoms with Gasteiger partial charge < -0.3 is 18.6 Å². The molecule has 0 aliphatic rings. The van der Waals surface area contributed by atoms with Gasteiger partial charge in [-0.1, -0.05) is 0 Å². The van der Waals surface area contributed by atoms with E-state index < -0.39 is 35.3 Å². The van der Waals surface area contributed by atoms with Crippen LogP contribution in [0, 0.1) is 0 Å². The van der Waals surface area contributed by atoms with Crippen molar-refractivity contribution in [2.24, 2.45) is 0 Å². The minimum absolute atomic E-state index is 0.128. The molecule has 1 aromatic carbocycles. The third-order valence-electron chi connectivity index (χ3n) is 4.52. The summed E-state index contributed by atoms with van der Waals surface area (Å²) >= 11 is 0. The monoisotopic (exact) mass is 479 g/mol. The number of amides is 1. The molecule has 0 spiro atoms. The first-order valence-electron chi connectivity index (χ1n) is 9.88. The fraction of sp³-hybridized carbons (Fsp3) is 0.273. The molecule has 180 valence electrons. The van der Waals surface area contributed by atoms with Crippen LogP contribution in [0.25, 0.3) is 0 Å².